The highest BCUT2D eigenvalue weighted by molar-refractivity contribution is 4.95. The van der Waals surface area contributed by atoms with Crippen molar-refractivity contribution in [2.24, 2.45) is 17.1 Å². The highest BCUT2D eigenvalue weighted by Gasteiger charge is 2.40. The first-order chi connectivity index (χ1) is 6.76. The van der Waals surface area contributed by atoms with Crippen molar-refractivity contribution in [2.75, 3.05) is 26.2 Å². The van der Waals surface area contributed by atoms with Crippen LogP contribution in [0.25, 0.3) is 0 Å². The van der Waals surface area contributed by atoms with Crippen molar-refractivity contribution < 1.29 is 4.74 Å². The van der Waals surface area contributed by atoms with Gasteiger partial charge in [-0.15, -0.1) is 0 Å². The first-order valence-electron chi connectivity index (χ1n) is 5.78. The molecule has 3 N–H and O–H groups in total. The minimum atomic E-state index is 0.440. The number of ether oxygens (including phenoxy) is 1. The van der Waals surface area contributed by atoms with Crippen LogP contribution in [0.2, 0.25) is 0 Å². The standard InChI is InChI=1S/C11H22N2O/c1-9-10(2-5-14-9)6-13-8-11(7-12)3-4-11/h9-10,13H,2-8,12H2,1H3. The van der Waals surface area contributed by atoms with E-state index in [0.717, 1.165) is 26.2 Å². The van der Waals surface area contributed by atoms with E-state index in [1.165, 1.54) is 19.3 Å². The van der Waals surface area contributed by atoms with Gasteiger partial charge in [-0.05, 0) is 44.1 Å². The van der Waals surface area contributed by atoms with E-state index in [-0.39, 0.29) is 0 Å². The first-order valence-corrected chi connectivity index (χ1v) is 5.78. The summed E-state index contributed by atoms with van der Waals surface area (Å²) < 4.78 is 5.53. The van der Waals surface area contributed by atoms with Crippen LogP contribution in [0.1, 0.15) is 26.2 Å². The summed E-state index contributed by atoms with van der Waals surface area (Å²) in [4.78, 5) is 0. The maximum Gasteiger partial charge on any atom is 0.0588 e. The van der Waals surface area contributed by atoms with Crippen LogP contribution >= 0.6 is 0 Å². The molecule has 0 aromatic heterocycles. The molecule has 14 heavy (non-hydrogen) atoms. The Morgan fingerprint density at radius 1 is 1.50 bits per heavy atom. The molecule has 82 valence electrons. The average Bonchev–Trinajstić information content (AvgIpc) is 2.86. The minimum absolute atomic E-state index is 0.440. The van der Waals surface area contributed by atoms with E-state index in [1.807, 2.05) is 0 Å². The summed E-state index contributed by atoms with van der Waals surface area (Å²) in [5.74, 6) is 0.712. The van der Waals surface area contributed by atoms with E-state index < -0.39 is 0 Å². The van der Waals surface area contributed by atoms with Crippen LogP contribution in [-0.2, 0) is 4.74 Å². The van der Waals surface area contributed by atoms with E-state index in [0.29, 0.717) is 17.4 Å². The molecule has 1 aliphatic heterocycles. The number of hydrogen-bond acceptors (Lipinski definition) is 3. The third-order valence-electron chi connectivity index (χ3n) is 3.83. The van der Waals surface area contributed by atoms with Crippen molar-refractivity contribution >= 4 is 0 Å². The largest absolute Gasteiger partial charge is 0.378 e. The van der Waals surface area contributed by atoms with E-state index >= 15 is 0 Å². The molecule has 1 heterocycles. The third-order valence-corrected chi connectivity index (χ3v) is 3.83. The molecule has 0 aromatic rings. The van der Waals surface area contributed by atoms with Gasteiger partial charge in [-0.1, -0.05) is 0 Å². The summed E-state index contributed by atoms with van der Waals surface area (Å²) in [5.41, 5.74) is 6.19. The molecule has 1 saturated heterocycles. The van der Waals surface area contributed by atoms with Crippen LogP contribution in [0.4, 0.5) is 0 Å². The Morgan fingerprint density at radius 2 is 2.29 bits per heavy atom. The van der Waals surface area contributed by atoms with Crippen LogP contribution in [0.5, 0.6) is 0 Å². The predicted molar refractivity (Wildman–Crippen MR) is 57.1 cm³/mol. The van der Waals surface area contributed by atoms with Crippen LogP contribution in [0, 0.1) is 11.3 Å². The predicted octanol–water partition coefficient (Wildman–Crippen LogP) is 0.740. The Morgan fingerprint density at radius 3 is 2.79 bits per heavy atom. The lowest BCUT2D eigenvalue weighted by atomic mass is 10.0. The van der Waals surface area contributed by atoms with Gasteiger partial charge in [0.2, 0.25) is 0 Å². The second-order valence-electron chi connectivity index (χ2n) is 4.96. The van der Waals surface area contributed by atoms with E-state index in [2.05, 4.69) is 12.2 Å². The van der Waals surface area contributed by atoms with Gasteiger partial charge in [0.15, 0.2) is 0 Å². The average molecular weight is 198 g/mol. The molecular formula is C11H22N2O. The zero-order valence-electron chi connectivity index (χ0n) is 9.09. The molecule has 3 nitrogen and oxygen atoms in total. The fraction of sp³-hybridized carbons (Fsp3) is 1.00. The smallest absolute Gasteiger partial charge is 0.0588 e. The minimum Gasteiger partial charge on any atom is -0.378 e. The topological polar surface area (TPSA) is 47.3 Å². The highest BCUT2D eigenvalue weighted by Crippen LogP contribution is 2.43. The number of nitrogens with two attached hydrogens (primary N) is 1. The molecule has 0 radical (unpaired) electrons. The zero-order valence-corrected chi connectivity index (χ0v) is 9.09. The molecule has 2 rings (SSSR count). The van der Waals surface area contributed by atoms with E-state index in [4.69, 9.17) is 10.5 Å². The van der Waals surface area contributed by atoms with Crippen molar-refractivity contribution in [2.45, 2.75) is 32.3 Å². The molecule has 2 aliphatic rings. The fourth-order valence-corrected chi connectivity index (χ4v) is 2.20. The summed E-state index contributed by atoms with van der Waals surface area (Å²) in [6.45, 7) is 6.16. The molecule has 0 aromatic carbocycles. The Bertz CT molecular complexity index is 192. The van der Waals surface area contributed by atoms with Crippen molar-refractivity contribution in [3.05, 3.63) is 0 Å². The second kappa shape index (κ2) is 4.17. The van der Waals surface area contributed by atoms with E-state index in [1.54, 1.807) is 0 Å². The zero-order chi connectivity index (χ0) is 10.0. The molecular weight excluding hydrogens is 176 g/mol. The maximum absolute atomic E-state index is 5.73. The van der Waals surface area contributed by atoms with Gasteiger partial charge in [0, 0.05) is 19.7 Å². The third kappa shape index (κ3) is 2.27. The first kappa shape index (κ1) is 10.4. The molecule has 2 unspecified atom stereocenters. The number of rotatable bonds is 5. The normalized spacial score (nSPS) is 34.7. The van der Waals surface area contributed by atoms with Crippen molar-refractivity contribution in [3.8, 4) is 0 Å². The summed E-state index contributed by atoms with van der Waals surface area (Å²) in [5, 5.41) is 3.55. The van der Waals surface area contributed by atoms with Gasteiger partial charge < -0.3 is 15.8 Å². The van der Waals surface area contributed by atoms with Crippen LogP contribution in [0.15, 0.2) is 0 Å². The van der Waals surface area contributed by atoms with Crippen LogP contribution in [-0.4, -0.2) is 32.3 Å². The lowest BCUT2D eigenvalue weighted by Gasteiger charge is -2.18. The molecule has 2 atom stereocenters. The quantitative estimate of drug-likeness (QED) is 0.685. The molecule has 0 bridgehead atoms. The number of nitrogens with one attached hydrogen (secondary N) is 1. The summed E-state index contributed by atoms with van der Waals surface area (Å²) in [7, 11) is 0. The molecule has 2 fully saturated rings. The second-order valence-corrected chi connectivity index (χ2v) is 4.96. The van der Waals surface area contributed by atoms with Gasteiger partial charge >= 0.3 is 0 Å². The Hall–Kier alpha value is -0.120. The summed E-state index contributed by atoms with van der Waals surface area (Å²) in [6, 6.07) is 0. The molecule has 1 aliphatic carbocycles. The van der Waals surface area contributed by atoms with Gasteiger partial charge in [0.25, 0.3) is 0 Å². The molecule has 3 heteroatoms. The Balaban J connectivity index is 1.63. The maximum atomic E-state index is 5.73. The van der Waals surface area contributed by atoms with Gasteiger partial charge in [-0.3, -0.25) is 0 Å². The van der Waals surface area contributed by atoms with Gasteiger partial charge in [-0.25, -0.2) is 0 Å². The van der Waals surface area contributed by atoms with Crippen LogP contribution < -0.4 is 11.1 Å². The van der Waals surface area contributed by atoms with Crippen molar-refractivity contribution in [3.63, 3.8) is 0 Å². The Labute approximate surface area is 86.4 Å². The highest BCUT2D eigenvalue weighted by atomic mass is 16.5. The van der Waals surface area contributed by atoms with Gasteiger partial charge in [-0.2, -0.15) is 0 Å². The fourth-order valence-electron chi connectivity index (χ4n) is 2.20. The Kier molecular flexibility index (Phi) is 3.10. The van der Waals surface area contributed by atoms with Gasteiger partial charge in [0.05, 0.1) is 6.10 Å². The monoisotopic (exact) mass is 198 g/mol. The van der Waals surface area contributed by atoms with Crippen molar-refractivity contribution in [1.82, 2.24) is 5.32 Å². The SMILES string of the molecule is CC1OCCC1CNCC1(CN)CC1. The van der Waals surface area contributed by atoms with Crippen molar-refractivity contribution in [1.29, 1.82) is 0 Å². The molecule has 0 spiro atoms. The van der Waals surface area contributed by atoms with Crippen LogP contribution in [0.3, 0.4) is 0 Å². The molecule has 0 amide bonds. The number of hydrogen-bond donors (Lipinski definition) is 2. The van der Waals surface area contributed by atoms with E-state index in [9.17, 15) is 0 Å². The lowest BCUT2D eigenvalue weighted by molar-refractivity contribution is 0.105. The summed E-state index contributed by atoms with van der Waals surface area (Å²) >= 11 is 0. The lowest BCUT2D eigenvalue weighted by Crippen LogP contribution is -2.34. The summed E-state index contributed by atoms with van der Waals surface area (Å²) in [6.07, 6.45) is 4.28. The van der Waals surface area contributed by atoms with Gasteiger partial charge in [0.1, 0.15) is 0 Å². The molecule has 1 saturated carbocycles.